The third kappa shape index (κ3) is 5.15. The molecule has 1 amide bonds. The van der Waals surface area contributed by atoms with E-state index in [4.69, 9.17) is 5.11 Å². The highest BCUT2D eigenvalue weighted by Gasteiger charge is 2.17. The van der Waals surface area contributed by atoms with E-state index in [9.17, 15) is 18.0 Å². The normalized spacial score (nSPS) is 12.4. The van der Waals surface area contributed by atoms with Gasteiger partial charge in [0.15, 0.2) is 0 Å². The van der Waals surface area contributed by atoms with Gasteiger partial charge < -0.3 is 10.4 Å². The zero-order valence-corrected chi connectivity index (χ0v) is 16.1. The number of sulfonamides is 1. The minimum absolute atomic E-state index is 0.0634. The van der Waals surface area contributed by atoms with Crippen molar-refractivity contribution in [2.45, 2.75) is 38.1 Å². The van der Waals surface area contributed by atoms with E-state index < -0.39 is 21.9 Å². The molecule has 0 fully saturated rings. The smallest absolute Gasteiger partial charge is 0.335 e. The Morgan fingerprint density at radius 2 is 1.67 bits per heavy atom. The summed E-state index contributed by atoms with van der Waals surface area (Å²) < 4.78 is 27.1. The molecule has 27 heavy (non-hydrogen) atoms. The van der Waals surface area contributed by atoms with Gasteiger partial charge in [-0.1, -0.05) is 13.0 Å². The first-order valence-electron chi connectivity index (χ1n) is 8.41. The predicted octanol–water partition coefficient (Wildman–Crippen LogP) is 3.02. The van der Waals surface area contributed by atoms with Gasteiger partial charge >= 0.3 is 5.97 Å². The molecule has 2 aromatic carbocycles. The number of hydrogen-bond donors (Lipinski definition) is 3. The summed E-state index contributed by atoms with van der Waals surface area (Å²) in [7, 11) is -3.64. The number of aryl methyl sites for hydroxylation is 1. The van der Waals surface area contributed by atoms with Crippen LogP contribution in [0.2, 0.25) is 0 Å². The Bertz CT molecular complexity index is 953. The van der Waals surface area contributed by atoms with Crippen LogP contribution in [0.3, 0.4) is 0 Å². The lowest BCUT2D eigenvalue weighted by atomic mass is 10.1. The predicted molar refractivity (Wildman–Crippen MR) is 103 cm³/mol. The number of rotatable bonds is 7. The Hall–Kier alpha value is -2.71. The molecule has 0 aliphatic rings. The number of hydrogen-bond acceptors (Lipinski definition) is 4. The van der Waals surface area contributed by atoms with Gasteiger partial charge in [-0.2, -0.15) is 0 Å². The van der Waals surface area contributed by atoms with E-state index in [1.807, 2.05) is 6.92 Å². The van der Waals surface area contributed by atoms with Crippen LogP contribution in [0.25, 0.3) is 0 Å². The van der Waals surface area contributed by atoms with Gasteiger partial charge in [0.1, 0.15) is 0 Å². The van der Waals surface area contributed by atoms with Crippen LogP contribution in [0, 0.1) is 6.92 Å². The highest BCUT2D eigenvalue weighted by Crippen LogP contribution is 2.19. The number of carbonyl (C=O) groups is 2. The van der Waals surface area contributed by atoms with E-state index in [-0.39, 0.29) is 22.1 Å². The fourth-order valence-electron chi connectivity index (χ4n) is 2.29. The van der Waals surface area contributed by atoms with Gasteiger partial charge in [-0.3, -0.25) is 4.79 Å². The van der Waals surface area contributed by atoms with Crippen LogP contribution in [-0.4, -0.2) is 31.4 Å². The monoisotopic (exact) mass is 390 g/mol. The summed E-state index contributed by atoms with van der Waals surface area (Å²) in [5, 5.41) is 11.7. The molecule has 1 unspecified atom stereocenters. The standard InChI is InChI=1S/C19H22N2O5S/c1-4-13(3)21-27(25,26)16-9-7-14(8-10-16)18(22)20-17-11-15(19(23)24)6-5-12(17)2/h5-11,13,21H,4H2,1-3H3,(H,20,22)(H,23,24). The topological polar surface area (TPSA) is 113 Å². The first-order valence-corrected chi connectivity index (χ1v) is 9.90. The largest absolute Gasteiger partial charge is 0.478 e. The van der Waals surface area contributed by atoms with Crippen molar-refractivity contribution >= 4 is 27.6 Å². The van der Waals surface area contributed by atoms with Crippen LogP contribution in [0.5, 0.6) is 0 Å². The first kappa shape index (κ1) is 20.6. The third-order valence-corrected chi connectivity index (χ3v) is 5.73. The molecule has 8 heteroatoms. The van der Waals surface area contributed by atoms with Crippen LogP contribution < -0.4 is 10.0 Å². The molecule has 7 nitrogen and oxygen atoms in total. The second-order valence-corrected chi connectivity index (χ2v) is 7.96. The Balaban J connectivity index is 2.19. The number of amides is 1. The number of benzene rings is 2. The number of aromatic carboxylic acids is 1. The molecule has 0 aromatic heterocycles. The minimum atomic E-state index is -3.64. The highest BCUT2D eigenvalue weighted by atomic mass is 32.2. The average Bonchev–Trinajstić information content (AvgIpc) is 2.62. The van der Waals surface area contributed by atoms with Crippen LogP contribution in [0.4, 0.5) is 5.69 Å². The third-order valence-electron chi connectivity index (χ3n) is 4.13. The van der Waals surface area contributed by atoms with Crippen molar-refractivity contribution in [2.24, 2.45) is 0 Å². The molecule has 1 atom stereocenters. The minimum Gasteiger partial charge on any atom is -0.478 e. The van der Waals surface area contributed by atoms with Crippen molar-refractivity contribution in [1.29, 1.82) is 0 Å². The van der Waals surface area contributed by atoms with E-state index in [0.29, 0.717) is 17.7 Å². The molecule has 2 aromatic rings. The summed E-state index contributed by atoms with van der Waals surface area (Å²) in [6, 6.07) is 9.80. The Morgan fingerprint density at radius 3 is 2.22 bits per heavy atom. The lowest BCUT2D eigenvalue weighted by molar-refractivity contribution is 0.0696. The summed E-state index contributed by atoms with van der Waals surface area (Å²) in [5.41, 5.74) is 1.42. The molecule has 0 aliphatic heterocycles. The van der Waals surface area contributed by atoms with Crippen LogP contribution >= 0.6 is 0 Å². The first-order chi connectivity index (χ1) is 12.6. The van der Waals surface area contributed by atoms with E-state index in [1.54, 1.807) is 19.9 Å². The number of anilines is 1. The zero-order valence-electron chi connectivity index (χ0n) is 15.3. The summed E-state index contributed by atoms with van der Waals surface area (Å²) in [4.78, 5) is 23.6. The SMILES string of the molecule is CCC(C)NS(=O)(=O)c1ccc(C(=O)Nc2cc(C(=O)O)ccc2C)cc1. The summed E-state index contributed by atoms with van der Waals surface area (Å²) >= 11 is 0. The maximum atomic E-state index is 12.4. The molecule has 144 valence electrons. The molecular formula is C19H22N2O5S. The van der Waals surface area contributed by atoms with Crippen molar-refractivity contribution < 1.29 is 23.1 Å². The van der Waals surface area contributed by atoms with Gasteiger partial charge in [0.05, 0.1) is 10.5 Å². The molecule has 0 spiro atoms. The number of nitrogens with one attached hydrogen (secondary N) is 2. The van der Waals surface area contributed by atoms with Gasteiger partial charge in [-0.05, 0) is 62.2 Å². The Labute approximate surface area is 158 Å². The molecule has 0 aliphatic carbocycles. The van der Waals surface area contributed by atoms with E-state index in [2.05, 4.69) is 10.0 Å². The van der Waals surface area contributed by atoms with Gasteiger partial charge in [-0.25, -0.2) is 17.9 Å². The van der Waals surface area contributed by atoms with E-state index in [0.717, 1.165) is 0 Å². The maximum Gasteiger partial charge on any atom is 0.335 e. The number of carboxylic acid groups (broad SMARTS) is 1. The lowest BCUT2D eigenvalue weighted by Crippen LogP contribution is -2.32. The fourth-order valence-corrected chi connectivity index (χ4v) is 3.61. The highest BCUT2D eigenvalue weighted by molar-refractivity contribution is 7.89. The van der Waals surface area contributed by atoms with Crippen molar-refractivity contribution in [3.63, 3.8) is 0 Å². The molecule has 3 N–H and O–H groups in total. The fraction of sp³-hybridized carbons (Fsp3) is 0.263. The van der Waals surface area contributed by atoms with Crippen molar-refractivity contribution in [3.05, 3.63) is 59.2 Å². The van der Waals surface area contributed by atoms with Crippen LogP contribution in [0.1, 0.15) is 46.5 Å². The second-order valence-electron chi connectivity index (χ2n) is 6.24. The van der Waals surface area contributed by atoms with E-state index >= 15 is 0 Å². The summed E-state index contributed by atoms with van der Waals surface area (Å²) in [6.07, 6.45) is 0.661. The molecule has 0 radical (unpaired) electrons. The molecule has 2 rings (SSSR count). The maximum absolute atomic E-state index is 12.4. The summed E-state index contributed by atoms with van der Waals surface area (Å²) in [5.74, 6) is -1.55. The molecular weight excluding hydrogens is 368 g/mol. The van der Waals surface area contributed by atoms with E-state index in [1.165, 1.54) is 36.4 Å². The van der Waals surface area contributed by atoms with Crippen molar-refractivity contribution in [1.82, 2.24) is 4.72 Å². The molecule has 0 saturated carbocycles. The van der Waals surface area contributed by atoms with Gasteiger partial charge in [-0.15, -0.1) is 0 Å². The summed E-state index contributed by atoms with van der Waals surface area (Å²) in [6.45, 7) is 5.40. The molecule has 0 bridgehead atoms. The van der Waals surface area contributed by atoms with Crippen molar-refractivity contribution in [2.75, 3.05) is 5.32 Å². The van der Waals surface area contributed by atoms with Gasteiger partial charge in [0.25, 0.3) is 5.91 Å². The number of carbonyl (C=O) groups excluding carboxylic acids is 1. The average molecular weight is 390 g/mol. The quantitative estimate of drug-likeness (QED) is 0.673. The zero-order chi connectivity index (χ0) is 20.2. The molecule has 0 heterocycles. The van der Waals surface area contributed by atoms with Crippen molar-refractivity contribution in [3.8, 4) is 0 Å². The lowest BCUT2D eigenvalue weighted by Gasteiger charge is -2.13. The molecule has 0 saturated heterocycles. The second kappa shape index (κ2) is 8.32. The Morgan fingerprint density at radius 1 is 1.07 bits per heavy atom. The van der Waals surface area contributed by atoms with Crippen LogP contribution in [-0.2, 0) is 10.0 Å². The Kier molecular flexibility index (Phi) is 6.35. The number of carboxylic acids is 1. The van der Waals surface area contributed by atoms with Gasteiger partial charge in [0, 0.05) is 17.3 Å². The van der Waals surface area contributed by atoms with Crippen LogP contribution in [0.15, 0.2) is 47.4 Å². The van der Waals surface area contributed by atoms with Gasteiger partial charge in [0.2, 0.25) is 10.0 Å².